The molecule has 1 aromatic carbocycles. The van der Waals surface area contributed by atoms with Gasteiger partial charge in [0.1, 0.15) is 5.69 Å². The normalized spacial score (nSPS) is 10.5. The van der Waals surface area contributed by atoms with E-state index in [1.54, 1.807) is 17.8 Å². The van der Waals surface area contributed by atoms with Gasteiger partial charge in [-0.15, -0.1) is 11.8 Å². The summed E-state index contributed by atoms with van der Waals surface area (Å²) < 4.78 is 4.94. The van der Waals surface area contributed by atoms with Crippen LogP contribution in [0.2, 0.25) is 0 Å². The zero-order valence-corrected chi connectivity index (χ0v) is 10.2. The molecular weight excluding hydrogens is 236 g/mol. The molecule has 5 heteroatoms. The number of benzene rings is 1. The van der Waals surface area contributed by atoms with Crippen LogP contribution in [-0.4, -0.2) is 23.7 Å². The third-order valence-electron chi connectivity index (χ3n) is 2.36. The molecule has 0 unspecified atom stereocenters. The highest BCUT2D eigenvalue weighted by Gasteiger charge is 2.12. The molecule has 0 spiro atoms. The van der Waals surface area contributed by atoms with Crippen LogP contribution in [0.5, 0.6) is 0 Å². The van der Waals surface area contributed by atoms with Crippen LogP contribution in [-0.2, 0) is 0 Å². The third kappa shape index (κ3) is 2.57. The second-order valence-electron chi connectivity index (χ2n) is 3.43. The van der Waals surface area contributed by atoms with Gasteiger partial charge in [-0.25, -0.2) is 0 Å². The van der Waals surface area contributed by atoms with E-state index in [2.05, 4.69) is 5.16 Å². The number of carbonyl (C=O) groups excluding carboxylic acids is 1. The largest absolute Gasteiger partial charge is 0.352 e. The quantitative estimate of drug-likeness (QED) is 0.663. The van der Waals surface area contributed by atoms with Gasteiger partial charge in [-0.3, -0.25) is 4.79 Å². The summed E-state index contributed by atoms with van der Waals surface area (Å²) in [7, 11) is 0. The smallest absolute Gasteiger partial charge is 0.214 e. The maximum Gasteiger partial charge on any atom is 0.214 e. The number of Topliss-reactive ketones (excluding diaryl/α,β-unsaturated/α-hetero) is 1. The summed E-state index contributed by atoms with van der Waals surface area (Å²) >= 11 is 1.67. The number of hydrogen-bond acceptors (Lipinski definition) is 5. The zero-order valence-electron chi connectivity index (χ0n) is 9.34. The molecular formula is C12H12N2O2S. The van der Waals surface area contributed by atoms with E-state index < -0.39 is 0 Å². The fourth-order valence-corrected chi connectivity index (χ4v) is 1.81. The molecule has 0 saturated carbocycles. The molecule has 2 N–H and O–H groups in total. The highest BCUT2D eigenvalue weighted by Crippen LogP contribution is 2.22. The van der Waals surface area contributed by atoms with Gasteiger partial charge >= 0.3 is 0 Å². The lowest BCUT2D eigenvalue weighted by atomic mass is 10.1. The van der Waals surface area contributed by atoms with Gasteiger partial charge in [-0.1, -0.05) is 17.3 Å². The molecule has 1 heterocycles. The SMILES string of the molecule is CSc1ccc(-c2cc(C(=O)CN)on2)cc1. The molecule has 2 aromatic rings. The van der Waals surface area contributed by atoms with Gasteiger partial charge in [0.05, 0.1) is 6.54 Å². The van der Waals surface area contributed by atoms with Crippen LogP contribution in [0.15, 0.2) is 39.8 Å². The Labute approximate surface area is 103 Å². The maximum absolute atomic E-state index is 11.3. The van der Waals surface area contributed by atoms with Gasteiger partial charge in [0.25, 0.3) is 0 Å². The van der Waals surface area contributed by atoms with Gasteiger partial charge < -0.3 is 10.3 Å². The van der Waals surface area contributed by atoms with Gasteiger partial charge in [-0.2, -0.15) is 0 Å². The molecule has 2 rings (SSSR count). The highest BCUT2D eigenvalue weighted by atomic mass is 32.2. The van der Waals surface area contributed by atoms with Crippen LogP contribution in [0.3, 0.4) is 0 Å². The van der Waals surface area contributed by atoms with Crippen LogP contribution in [0.25, 0.3) is 11.3 Å². The van der Waals surface area contributed by atoms with Crippen LogP contribution in [0, 0.1) is 0 Å². The number of rotatable bonds is 4. The molecule has 0 aliphatic carbocycles. The minimum atomic E-state index is -0.246. The lowest BCUT2D eigenvalue weighted by Gasteiger charge is -1.97. The molecule has 0 aliphatic heterocycles. The Kier molecular flexibility index (Phi) is 3.61. The minimum Gasteiger partial charge on any atom is -0.352 e. The van der Waals surface area contributed by atoms with Crippen molar-refractivity contribution in [3.8, 4) is 11.3 Å². The Balaban J connectivity index is 2.27. The summed E-state index contributed by atoms with van der Waals surface area (Å²) in [6, 6.07) is 9.50. The predicted molar refractivity (Wildman–Crippen MR) is 67.1 cm³/mol. The Morgan fingerprint density at radius 3 is 2.71 bits per heavy atom. The average molecular weight is 248 g/mol. The second-order valence-corrected chi connectivity index (χ2v) is 4.31. The van der Waals surface area contributed by atoms with Gasteiger partial charge in [0.2, 0.25) is 11.5 Å². The molecule has 0 radical (unpaired) electrons. The van der Waals surface area contributed by atoms with E-state index in [0.717, 1.165) is 5.56 Å². The molecule has 0 amide bonds. The summed E-state index contributed by atoms with van der Waals surface area (Å²) in [5.41, 5.74) is 6.82. The molecule has 0 bridgehead atoms. The molecule has 17 heavy (non-hydrogen) atoms. The fourth-order valence-electron chi connectivity index (χ4n) is 1.41. The van der Waals surface area contributed by atoms with E-state index in [1.165, 1.54) is 4.90 Å². The van der Waals surface area contributed by atoms with Crippen LogP contribution < -0.4 is 5.73 Å². The number of nitrogens with two attached hydrogens (primary N) is 1. The van der Waals surface area contributed by atoms with Crippen molar-refractivity contribution < 1.29 is 9.32 Å². The van der Waals surface area contributed by atoms with Crippen molar-refractivity contribution in [1.29, 1.82) is 0 Å². The molecule has 4 nitrogen and oxygen atoms in total. The first-order chi connectivity index (χ1) is 8.24. The predicted octanol–water partition coefficient (Wildman–Crippen LogP) is 2.20. The average Bonchev–Trinajstić information content (AvgIpc) is 2.87. The molecule has 0 fully saturated rings. The van der Waals surface area contributed by atoms with Crippen molar-refractivity contribution in [2.45, 2.75) is 4.90 Å². The molecule has 0 aliphatic rings. The summed E-state index contributed by atoms with van der Waals surface area (Å²) in [6.07, 6.45) is 2.02. The lowest BCUT2D eigenvalue weighted by Crippen LogP contribution is -2.12. The van der Waals surface area contributed by atoms with Gasteiger partial charge in [0.15, 0.2) is 0 Å². The first-order valence-corrected chi connectivity index (χ1v) is 6.31. The van der Waals surface area contributed by atoms with Gasteiger partial charge in [-0.05, 0) is 18.4 Å². The van der Waals surface area contributed by atoms with E-state index in [0.29, 0.717) is 5.69 Å². The van der Waals surface area contributed by atoms with E-state index in [9.17, 15) is 4.79 Å². The monoisotopic (exact) mass is 248 g/mol. The fraction of sp³-hybridized carbons (Fsp3) is 0.167. The van der Waals surface area contributed by atoms with E-state index in [4.69, 9.17) is 10.3 Å². The molecule has 0 saturated heterocycles. The molecule has 0 atom stereocenters. The summed E-state index contributed by atoms with van der Waals surface area (Å²) in [5.74, 6) is -0.0408. The van der Waals surface area contributed by atoms with E-state index in [-0.39, 0.29) is 18.1 Å². The second kappa shape index (κ2) is 5.16. The first kappa shape index (κ1) is 11.9. The number of aromatic nitrogens is 1. The topological polar surface area (TPSA) is 69.1 Å². The minimum absolute atomic E-state index is 0.0694. The molecule has 88 valence electrons. The first-order valence-electron chi connectivity index (χ1n) is 5.09. The van der Waals surface area contributed by atoms with Crippen molar-refractivity contribution in [3.05, 3.63) is 36.1 Å². The highest BCUT2D eigenvalue weighted by molar-refractivity contribution is 7.98. The summed E-state index contributed by atoms with van der Waals surface area (Å²) in [4.78, 5) is 12.5. The number of carbonyl (C=O) groups is 1. The van der Waals surface area contributed by atoms with E-state index in [1.807, 2.05) is 30.5 Å². The van der Waals surface area contributed by atoms with Crippen molar-refractivity contribution in [3.63, 3.8) is 0 Å². The lowest BCUT2D eigenvalue weighted by molar-refractivity contribution is 0.0966. The number of nitrogens with zero attached hydrogens (tertiary/aromatic N) is 1. The Hall–Kier alpha value is -1.59. The van der Waals surface area contributed by atoms with Crippen molar-refractivity contribution in [1.82, 2.24) is 5.16 Å². The number of ketones is 1. The van der Waals surface area contributed by atoms with Crippen molar-refractivity contribution in [2.24, 2.45) is 5.73 Å². The van der Waals surface area contributed by atoms with Gasteiger partial charge in [0, 0.05) is 16.5 Å². The Bertz CT molecular complexity index is 520. The van der Waals surface area contributed by atoms with Crippen LogP contribution in [0.4, 0.5) is 0 Å². The zero-order chi connectivity index (χ0) is 12.3. The number of thioether (sulfide) groups is 1. The van der Waals surface area contributed by atoms with E-state index >= 15 is 0 Å². The Morgan fingerprint density at radius 2 is 2.12 bits per heavy atom. The standard InChI is InChI=1S/C12H12N2O2S/c1-17-9-4-2-8(3-5-9)10-6-12(16-14-10)11(15)7-13/h2-6H,7,13H2,1H3. The Morgan fingerprint density at radius 1 is 1.41 bits per heavy atom. The third-order valence-corrected chi connectivity index (χ3v) is 3.10. The number of hydrogen-bond donors (Lipinski definition) is 1. The van der Waals surface area contributed by atoms with Crippen molar-refractivity contribution in [2.75, 3.05) is 12.8 Å². The van der Waals surface area contributed by atoms with Crippen molar-refractivity contribution >= 4 is 17.5 Å². The maximum atomic E-state index is 11.3. The van der Waals surface area contributed by atoms with Crippen LogP contribution in [0.1, 0.15) is 10.6 Å². The summed E-state index contributed by atoms with van der Waals surface area (Å²) in [5, 5.41) is 3.85. The molecule has 1 aromatic heterocycles. The van der Waals surface area contributed by atoms with Crippen LogP contribution >= 0.6 is 11.8 Å². The summed E-state index contributed by atoms with van der Waals surface area (Å²) in [6.45, 7) is -0.0694.